The maximum Gasteiger partial charge on any atom is 0.409 e. The second kappa shape index (κ2) is 5.32. The number of rotatable bonds is 2. The van der Waals surface area contributed by atoms with Gasteiger partial charge in [0.15, 0.2) is 6.04 Å². The Hall–Kier alpha value is -1.91. The number of hydrogen-bond acceptors (Lipinski definition) is 3. The zero-order valence-corrected chi connectivity index (χ0v) is 12.4. The molecule has 6 nitrogen and oxygen atoms in total. The fraction of sp³-hybridized carbons (Fsp3) is 0.308. The van der Waals surface area contributed by atoms with Gasteiger partial charge in [0.25, 0.3) is 0 Å². The van der Waals surface area contributed by atoms with Gasteiger partial charge < -0.3 is 0 Å². The van der Waals surface area contributed by atoms with Gasteiger partial charge in [-0.1, -0.05) is 18.2 Å². The standard InChI is InChI=1S/C13H12F3N3O3S/c14-13(15,16)12-10-8-17-19(9-4-2-1-3-5-9)11(10)6-7-18(12)23(20,21)22/h1-5,8,12H,6-7H2,(H,20,21,22). The summed E-state index contributed by atoms with van der Waals surface area (Å²) in [6.07, 6.45) is -3.86. The van der Waals surface area contributed by atoms with E-state index in [1.807, 2.05) is 0 Å². The fourth-order valence-corrected chi connectivity index (χ4v) is 3.57. The maximum absolute atomic E-state index is 13.4. The van der Waals surface area contributed by atoms with Crippen molar-refractivity contribution in [3.8, 4) is 5.69 Å². The molecule has 0 aliphatic carbocycles. The van der Waals surface area contributed by atoms with Crippen molar-refractivity contribution in [3.63, 3.8) is 0 Å². The second-order valence-electron chi connectivity index (χ2n) is 5.08. The van der Waals surface area contributed by atoms with Crippen molar-refractivity contribution in [2.45, 2.75) is 18.6 Å². The van der Waals surface area contributed by atoms with Crippen molar-refractivity contribution in [2.75, 3.05) is 6.54 Å². The van der Waals surface area contributed by atoms with Crippen LogP contribution in [-0.4, -0.2) is 39.8 Å². The second-order valence-corrected chi connectivity index (χ2v) is 6.44. The lowest BCUT2D eigenvalue weighted by atomic mass is 10.0. The molecular weight excluding hydrogens is 335 g/mol. The minimum Gasteiger partial charge on any atom is -0.273 e. The molecule has 1 aliphatic heterocycles. The van der Waals surface area contributed by atoms with E-state index in [0.717, 1.165) is 6.20 Å². The van der Waals surface area contributed by atoms with Gasteiger partial charge in [-0.3, -0.25) is 4.55 Å². The zero-order chi connectivity index (χ0) is 16.8. The Morgan fingerprint density at radius 3 is 2.43 bits per heavy atom. The van der Waals surface area contributed by atoms with E-state index in [1.54, 1.807) is 30.3 Å². The van der Waals surface area contributed by atoms with E-state index in [1.165, 1.54) is 4.68 Å². The molecule has 1 aromatic carbocycles. The normalized spacial score (nSPS) is 19.6. The number of hydrogen-bond donors (Lipinski definition) is 1. The van der Waals surface area contributed by atoms with E-state index in [-0.39, 0.29) is 22.0 Å². The minimum atomic E-state index is -4.98. The van der Waals surface area contributed by atoms with E-state index in [0.29, 0.717) is 5.69 Å². The highest BCUT2D eigenvalue weighted by Crippen LogP contribution is 2.43. The third-order valence-corrected chi connectivity index (χ3v) is 4.65. The summed E-state index contributed by atoms with van der Waals surface area (Å²) in [7, 11) is -4.98. The molecule has 1 N–H and O–H groups in total. The monoisotopic (exact) mass is 347 g/mol. The van der Waals surface area contributed by atoms with Gasteiger partial charge in [-0.05, 0) is 12.1 Å². The fourth-order valence-electron chi connectivity index (χ4n) is 2.75. The molecule has 2 heterocycles. The summed E-state index contributed by atoms with van der Waals surface area (Å²) < 4.78 is 73.1. The molecule has 124 valence electrons. The van der Waals surface area contributed by atoms with Crippen LogP contribution in [0.15, 0.2) is 36.5 Å². The van der Waals surface area contributed by atoms with Gasteiger partial charge in [0, 0.05) is 18.5 Å². The van der Waals surface area contributed by atoms with Crippen LogP contribution in [0.3, 0.4) is 0 Å². The quantitative estimate of drug-likeness (QED) is 0.845. The first-order valence-corrected chi connectivity index (χ1v) is 8.02. The van der Waals surface area contributed by atoms with Crippen LogP contribution in [-0.2, 0) is 16.7 Å². The van der Waals surface area contributed by atoms with Crippen LogP contribution in [0.25, 0.3) is 5.69 Å². The molecule has 10 heteroatoms. The predicted molar refractivity (Wildman–Crippen MR) is 74.3 cm³/mol. The molecule has 0 spiro atoms. The molecule has 1 unspecified atom stereocenters. The maximum atomic E-state index is 13.4. The molecule has 23 heavy (non-hydrogen) atoms. The Morgan fingerprint density at radius 2 is 1.87 bits per heavy atom. The summed E-state index contributed by atoms with van der Waals surface area (Å²) in [5.74, 6) is 0. The number of benzene rings is 1. The van der Waals surface area contributed by atoms with E-state index in [4.69, 9.17) is 4.55 Å². The SMILES string of the molecule is O=S(=O)(O)N1CCc2c(cnn2-c2ccccc2)C1C(F)(F)F. The molecule has 2 aromatic rings. The van der Waals surface area contributed by atoms with Gasteiger partial charge in [-0.25, -0.2) is 4.68 Å². The molecule has 3 rings (SSSR count). The Balaban J connectivity index is 2.14. The summed E-state index contributed by atoms with van der Waals surface area (Å²) in [5, 5.41) is 3.96. The number of nitrogens with zero attached hydrogens (tertiary/aromatic N) is 3. The van der Waals surface area contributed by atoms with Gasteiger partial charge in [-0.2, -0.15) is 31.0 Å². The van der Waals surface area contributed by atoms with Crippen molar-refractivity contribution in [2.24, 2.45) is 0 Å². The Morgan fingerprint density at radius 1 is 1.22 bits per heavy atom. The first-order valence-electron chi connectivity index (χ1n) is 6.63. The molecule has 0 amide bonds. The van der Waals surface area contributed by atoms with Crippen molar-refractivity contribution < 1.29 is 26.1 Å². The zero-order valence-electron chi connectivity index (χ0n) is 11.6. The third-order valence-electron chi connectivity index (χ3n) is 3.66. The average molecular weight is 347 g/mol. The highest BCUT2D eigenvalue weighted by Gasteiger charge is 2.52. The highest BCUT2D eigenvalue weighted by atomic mass is 32.2. The Kier molecular flexibility index (Phi) is 3.69. The highest BCUT2D eigenvalue weighted by molar-refractivity contribution is 7.83. The number of para-hydroxylation sites is 1. The van der Waals surface area contributed by atoms with E-state index in [9.17, 15) is 21.6 Å². The molecule has 1 aromatic heterocycles. The van der Waals surface area contributed by atoms with Crippen LogP contribution in [0.2, 0.25) is 0 Å². The summed E-state index contributed by atoms with van der Waals surface area (Å²) in [5.41, 5.74) is 0.582. The third kappa shape index (κ3) is 2.84. The molecule has 1 aliphatic rings. The largest absolute Gasteiger partial charge is 0.409 e. The molecular formula is C13H12F3N3O3S. The van der Waals surface area contributed by atoms with E-state index < -0.39 is 29.1 Å². The van der Waals surface area contributed by atoms with Crippen molar-refractivity contribution in [3.05, 3.63) is 47.8 Å². The number of fused-ring (bicyclic) bond motifs is 1. The molecule has 1 atom stereocenters. The van der Waals surface area contributed by atoms with Crippen molar-refractivity contribution >= 4 is 10.3 Å². The van der Waals surface area contributed by atoms with Crippen LogP contribution in [0.1, 0.15) is 17.3 Å². The van der Waals surface area contributed by atoms with Crippen LogP contribution < -0.4 is 0 Å². The predicted octanol–water partition coefficient (Wildman–Crippen LogP) is 2.14. The van der Waals surface area contributed by atoms with Gasteiger partial charge in [0.05, 0.1) is 17.6 Å². The molecule has 0 bridgehead atoms. The minimum absolute atomic E-state index is 0.0105. The lowest BCUT2D eigenvalue weighted by molar-refractivity contribution is -0.176. The Labute approximate surface area is 130 Å². The summed E-state index contributed by atoms with van der Waals surface area (Å²) in [4.78, 5) is 0. The molecule has 0 radical (unpaired) electrons. The van der Waals surface area contributed by atoms with Crippen molar-refractivity contribution in [1.29, 1.82) is 0 Å². The van der Waals surface area contributed by atoms with Crippen LogP contribution in [0.5, 0.6) is 0 Å². The lowest BCUT2D eigenvalue weighted by Crippen LogP contribution is -2.46. The van der Waals surface area contributed by atoms with Crippen molar-refractivity contribution in [1.82, 2.24) is 14.1 Å². The molecule has 0 saturated carbocycles. The topological polar surface area (TPSA) is 75.4 Å². The smallest absolute Gasteiger partial charge is 0.273 e. The Bertz CT molecular complexity index is 818. The summed E-state index contributed by atoms with van der Waals surface area (Å²) in [6.45, 7) is -0.478. The average Bonchev–Trinajstić information content (AvgIpc) is 2.88. The van der Waals surface area contributed by atoms with E-state index in [2.05, 4.69) is 5.10 Å². The van der Waals surface area contributed by atoms with Gasteiger partial charge >= 0.3 is 16.5 Å². The van der Waals surface area contributed by atoms with Gasteiger partial charge in [0.2, 0.25) is 0 Å². The molecule has 0 saturated heterocycles. The van der Waals surface area contributed by atoms with E-state index >= 15 is 0 Å². The lowest BCUT2D eigenvalue weighted by Gasteiger charge is -2.33. The number of aromatic nitrogens is 2. The summed E-state index contributed by atoms with van der Waals surface area (Å²) >= 11 is 0. The molecule has 0 fully saturated rings. The van der Waals surface area contributed by atoms with Gasteiger partial charge in [-0.15, -0.1) is 0 Å². The first kappa shape index (κ1) is 16.0. The first-order chi connectivity index (χ1) is 10.7. The number of alkyl halides is 3. The van der Waals surface area contributed by atoms with Crippen LogP contribution in [0, 0.1) is 0 Å². The number of halogens is 3. The van der Waals surface area contributed by atoms with Gasteiger partial charge in [0.1, 0.15) is 0 Å². The summed E-state index contributed by atoms with van der Waals surface area (Å²) in [6, 6.07) is 6.13. The van der Waals surface area contributed by atoms with Crippen LogP contribution in [0.4, 0.5) is 13.2 Å². The van der Waals surface area contributed by atoms with Crippen LogP contribution >= 0.6 is 0 Å².